The lowest BCUT2D eigenvalue weighted by Gasteiger charge is -2.24. The fourth-order valence-electron chi connectivity index (χ4n) is 1.99. The van der Waals surface area contributed by atoms with E-state index in [9.17, 15) is 9.36 Å². The summed E-state index contributed by atoms with van der Waals surface area (Å²) in [6.07, 6.45) is 2.40. The Morgan fingerprint density at radius 2 is 1.94 bits per heavy atom. The molecule has 98 valence electrons. The van der Waals surface area contributed by atoms with Crippen LogP contribution < -0.4 is 4.52 Å². The highest BCUT2D eigenvalue weighted by Crippen LogP contribution is 2.46. The third-order valence-electron chi connectivity index (χ3n) is 2.83. The molecule has 0 spiro atoms. The van der Waals surface area contributed by atoms with E-state index >= 15 is 0 Å². The maximum Gasteiger partial charge on any atom is 0.376 e. The molecule has 5 heteroatoms. The van der Waals surface area contributed by atoms with Gasteiger partial charge in [0.15, 0.2) is 5.78 Å². The van der Waals surface area contributed by atoms with Crippen molar-refractivity contribution >= 4 is 13.4 Å². The van der Waals surface area contributed by atoms with Gasteiger partial charge in [-0.1, -0.05) is 18.2 Å². The SMILES string of the molecule is CP(=O)(Oc1ccccc1)OC1CCCCC1=O. The minimum absolute atomic E-state index is 0.0278. The van der Waals surface area contributed by atoms with Gasteiger partial charge < -0.3 is 4.52 Å². The van der Waals surface area contributed by atoms with E-state index in [0.717, 1.165) is 12.8 Å². The van der Waals surface area contributed by atoms with Crippen molar-refractivity contribution in [2.75, 3.05) is 6.66 Å². The Morgan fingerprint density at radius 3 is 2.61 bits per heavy atom. The van der Waals surface area contributed by atoms with E-state index in [4.69, 9.17) is 9.05 Å². The van der Waals surface area contributed by atoms with Crippen LogP contribution in [0, 0.1) is 0 Å². The van der Waals surface area contributed by atoms with Gasteiger partial charge in [-0.15, -0.1) is 0 Å². The fraction of sp³-hybridized carbons (Fsp3) is 0.462. The summed E-state index contributed by atoms with van der Waals surface area (Å²) >= 11 is 0. The van der Waals surface area contributed by atoms with Crippen LogP contribution in [-0.4, -0.2) is 18.6 Å². The van der Waals surface area contributed by atoms with E-state index in [-0.39, 0.29) is 5.78 Å². The van der Waals surface area contributed by atoms with Gasteiger partial charge in [-0.2, -0.15) is 0 Å². The molecule has 0 aliphatic heterocycles. The minimum Gasteiger partial charge on any atom is -0.425 e. The number of Topliss-reactive ketones (excluding diaryl/α,β-unsaturated/α-hetero) is 1. The summed E-state index contributed by atoms with van der Waals surface area (Å²) in [7, 11) is -3.24. The highest BCUT2D eigenvalue weighted by molar-refractivity contribution is 7.53. The van der Waals surface area contributed by atoms with Gasteiger partial charge in [0.25, 0.3) is 0 Å². The highest BCUT2D eigenvalue weighted by Gasteiger charge is 2.30. The van der Waals surface area contributed by atoms with Crippen LogP contribution in [-0.2, 0) is 13.9 Å². The molecule has 1 aromatic carbocycles. The van der Waals surface area contributed by atoms with Crippen LogP contribution in [0.2, 0.25) is 0 Å². The quantitative estimate of drug-likeness (QED) is 0.785. The molecule has 0 aromatic heterocycles. The van der Waals surface area contributed by atoms with Crippen molar-refractivity contribution in [3.8, 4) is 5.75 Å². The second-order valence-electron chi connectivity index (χ2n) is 4.48. The lowest BCUT2D eigenvalue weighted by molar-refractivity contribution is -0.128. The van der Waals surface area contributed by atoms with Gasteiger partial charge in [0.05, 0.1) is 0 Å². The maximum absolute atomic E-state index is 12.2. The number of ketones is 1. The highest BCUT2D eigenvalue weighted by atomic mass is 31.2. The Balaban J connectivity index is 1.98. The molecule has 1 aromatic rings. The fourth-order valence-corrected chi connectivity index (χ4v) is 3.22. The molecular weight excluding hydrogens is 251 g/mol. The molecule has 1 aliphatic carbocycles. The second kappa shape index (κ2) is 5.68. The Labute approximate surface area is 107 Å². The molecule has 0 saturated heterocycles. The van der Waals surface area contributed by atoms with E-state index in [2.05, 4.69) is 0 Å². The average molecular weight is 268 g/mol. The first-order chi connectivity index (χ1) is 8.57. The number of hydrogen-bond acceptors (Lipinski definition) is 4. The van der Waals surface area contributed by atoms with Gasteiger partial charge in [0.1, 0.15) is 11.9 Å². The van der Waals surface area contributed by atoms with E-state index in [1.165, 1.54) is 6.66 Å². The molecule has 1 fully saturated rings. The summed E-state index contributed by atoms with van der Waals surface area (Å²) in [6.45, 7) is 1.40. The normalized spacial score (nSPS) is 23.4. The molecule has 2 rings (SSSR count). The molecule has 2 atom stereocenters. The lowest BCUT2D eigenvalue weighted by Crippen LogP contribution is -2.27. The van der Waals surface area contributed by atoms with Crippen LogP contribution in [0.25, 0.3) is 0 Å². The molecule has 0 radical (unpaired) electrons. The zero-order valence-corrected chi connectivity index (χ0v) is 11.3. The van der Waals surface area contributed by atoms with Gasteiger partial charge in [0.2, 0.25) is 0 Å². The van der Waals surface area contributed by atoms with Gasteiger partial charge in [-0.3, -0.25) is 9.32 Å². The van der Waals surface area contributed by atoms with E-state index in [1.807, 2.05) is 6.07 Å². The van der Waals surface area contributed by atoms with E-state index in [0.29, 0.717) is 18.6 Å². The lowest BCUT2D eigenvalue weighted by atomic mass is 9.97. The van der Waals surface area contributed by atoms with Crippen LogP contribution in [0.15, 0.2) is 30.3 Å². The topological polar surface area (TPSA) is 52.6 Å². The molecule has 1 saturated carbocycles. The standard InChI is InChI=1S/C13H17O4P/c1-18(15,16-11-7-3-2-4-8-11)17-13-10-6-5-9-12(13)14/h2-4,7-8,13H,5-6,9-10H2,1H3. The molecule has 0 N–H and O–H groups in total. The molecule has 2 unspecified atom stereocenters. The predicted molar refractivity (Wildman–Crippen MR) is 68.9 cm³/mol. The Kier molecular flexibility index (Phi) is 4.20. The second-order valence-corrected chi connectivity index (χ2v) is 6.42. The first kappa shape index (κ1) is 13.3. The molecule has 1 aliphatic rings. The molecule has 0 bridgehead atoms. The summed E-state index contributed by atoms with van der Waals surface area (Å²) in [5.41, 5.74) is 0. The van der Waals surface area contributed by atoms with Gasteiger partial charge in [-0.05, 0) is 31.4 Å². The van der Waals surface area contributed by atoms with Crippen LogP contribution in [0.3, 0.4) is 0 Å². The van der Waals surface area contributed by atoms with Gasteiger partial charge in [0, 0.05) is 13.1 Å². The minimum atomic E-state index is -3.24. The number of carbonyl (C=O) groups excluding carboxylic acids is 1. The zero-order chi connectivity index (χ0) is 13.0. The molecule has 4 nitrogen and oxygen atoms in total. The Morgan fingerprint density at radius 1 is 1.22 bits per heavy atom. The largest absolute Gasteiger partial charge is 0.425 e. The van der Waals surface area contributed by atoms with E-state index < -0.39 is 13.7 Å². The number of para-hydroxylation sites is 1. The van der Waals surface area contributed by atoms with Crippen molar-refractivity contribution in [2.45, 2.75) is 31.8 Å². The van der Waals surface area contributed by atoms with Crippen molar-refractivity contribution < 1.29 is 18.4 Å². The number of carbonyl (C=O) groups is 1. The molecule has 18 heavy (non-hydrogen) atoms. The van der Waals surface area contributed by atoms with Crippen molar-refractivity contribution in [1.29, 1.82) is 0 Å². The van der Waals surface area contributed by atoms with Gasteiger partial charge >= 0.3 is 7.60 Å². The van der Waals surface area contributed by atoms with Crippen molar-refractivity contribution in [1.82, 2.24) is 0 Å². The van der Waals surface area contributed by atoms with Crippen molar-refractivity contribution in [3.63, 3.8) is 0 Å². The van der Waals surface area contributed by atoms with E-state index in [1.54, 1.807) is 24.3 Å². The zero-order valence-electron chi connectivity index (χ0n) is 10.4. The Hall–Kier alpha value is -1.12. The van der Waals surface area contributed by atoms with Crippen LogP contribution >= 0.6 is 7.60 Å². The molecule has 0 amide bonds. The summed E-state index contributed by atoms with van der Waals surface area (Å²) in [6, 6.07) is 8.85. The first-order valence-electron chi connectivity index (χ1n) is 6.10. The third kappa shape index (κ3) is 3.69. The van der Waals surface area contributed by atoms with Crippen LogP contribution in [0.4, 0.5) is 0 Å². The van der Waals surface area contributed by atoms with Crippen LogP contribution in [0.1, 0.15) is 25.7 Å². The van der Waals surface area contributed by atoms with Gasteiger partial charge in [-0.25, -0.2) is 4.57 Å². The van der Waals surface area contributed by atoms with Crippen LogP contribution in [0.5, 0.6) is 5.75 Å². The summed E-state index contributed by atoms with van der Waals surface area (Å²) in [5.74, 6) is 0.520. The summed E-state index contributed by atoms with van der Waals surface area (Å²) < 4.78 is 22.9. The Bertz CT molecular complexity index is 457. The first-order valence-corrected chi connectivity index (χ1v) is 8.09. The predicted octanol–water partition coefficient (Wildman–Crippen LogP) is 3.42. The number of hydrogen-bond donors (Lipinski definition) is 0. The average Bonchev–Trinajstić information content (AvgIpc) is 2.32. The smallest absolute Gasteiger partial charge is 0.376 e. The summed E-state index contributed by atoms with van der Waals surface area (Å²) in [4.78, 5) is 11.6. The third-order valence-corrected chi connectivity index (χ3v) is 4.01. The maximum atomic E-state index is 12.2. The molecular formula is C13H17O4P. The van der Waals surface area contributed by atoms with Crippen molar-refractivity contribution in [2.24, 2.45) is 0 Å². The molecule has 0 heterocycles. The monoisotopic (exact) mass is 268 g/mol. The van der Waals surface area contributed by atoms with Crippen molar-refractivity contribution in [3.05, 3.63) is 30.3 Å². The number of rotatable bonds is 4. The number of benzene rings is 1. The summed E-state index contributed by atoms with van der Waals surface area (Å²) in [5, 5.41) is 0.